The molecule has 0 saturated carbocycles. The molecule has 2 atom stereocenters. The van der Waals surface area contributed by atoms with Gasteiger partial charge >= 0.3 is 0 Å². The Morgan fingerprint density at radius 1 is 1.38 bits per heavy atom. The molecular formula is C17H20BrClN2O3S2. The highest BCUT2D eigenvalue weighted by molar-refractivity contribution is 9.10. The lowest BCUT2D eigenvalue weighted by Crippen LogP contribution is -2.38. The van der Waals surface area contributed by atoms with Gasteiger partial charge in [0.1, 0.15) is 0 Å². The van der Waals surface area contributed by atoms with Crippen molar-refractivity contribution in [3.05, 3.63) is 27.7 Å². The first-order chi connectivity index (χ1) is 12.3. The topological polar surface area (TPSA) is 66.8 Å². The van der Waals surface area contributed by atoms with Crippen LogP contribution in [0.1, 0.15) is 26.7 Å². The maximum Gasteiger partial charge on any atom is 0.251 e. The number of aliphatic imine (C=N–C) groups is 1. The van der Waals surface area contributed by atoms with Gasteiger partial charge in [-0.15, -0.1) is 0 Å². The molecule has 1 amide bonds. The largest absolute Gasteiger partial charge is 0.314 e. The molecule has 142 valence electrons. The van der Waals surface area contributed by atoms with E-state index in [1.807, 2.05) is 30.9 Å². The van der Waals surface area contributed by atoms with E-state index >= 15 is 0 Å². The number of fused-ring (bicyclic) bond motifs is 1. The van der Waals surface area contributed by atoms with Gasteiger partial charge in [0.2, 0.25) is 0 Å². The van der Waals surface area contributed by atoms with Crippen molar-refractivity contribution in [2.24, 2.45) is 10.9 Å². The number of hydrogen-bond acceptors (Lipinski definition) is 4. The highest BCUT2D eigenvalue weighted by Crippen LogP contribution is 2.43. The summed E-state index contributed by atoms with van der Waals surface area (Å²) in [6.45, 7) is 3.94. The molecular weight excluding hydrogens is 460 g/mol. The molecule has 1 aromatic rings. The first-order valence-corrected chi connectivity index (χ1v) is 12.4. The van der Waals surface area contributed by atoms with Gasteiger partial charge in [-0.1, -0.05) is 53.1 Å². The Balaban J connectivity index is 2.02. The predicted octanol–water partition coefficient (Wildman–Crippen LogP) is 4.14. The highest BCUT2D eigenvalue weighted by Gasteiger charge is 2.49. The van der Waals surface area contributed by atoms with E-state index < -0.39 is 9.84 Å². The molecule has 0 spiro atoms. The molecule has 0 radical (unpaired) electrons. The summed E-state index contributed by atoms with van der Waals surface area (Å²) in [4.78, 5) is 18.8. The first kappa shape index (κ1) is 20.2. The Bertz CT molecular complexity index is 856. The quantitative estimate of drug-likeness (QED) is 0.649. The summed E-state index contributed by atoms with van der Waals surface area (Å²) in [7, 11) is -3.10. The summed E-state index contributed by atoms with van der Waals surface area (Å²) >= 11 is 11.2. The number of anilines is 1. The van der Waals surface area contributed by atoms with Crippen molar-refractivity contribution in [3.63, 3.8) is 0 Å². The van der Waals surface area contributed by atoms with Crippen LogP contribution in [0.5, 0.6) is 0 Å². The third-order valence-electron chi connectivity index (χ3n) is 4.78. The summed E-state index contributed by atoms with van der Waals surface area (Å²) in [6.07, 6.45) is 1.47. The number of carbonyl (C=O) groups is 1. The summed E-state index contributed by atoms with van der Waals surface area (Å²) in [5.41, 5.74) is 0.683. The molecule has 2 aliphatic rings. The number of halogens is 2. The van der Waals surface area contributed by atoms with Gasteiger partial charge in [0, 0.05) is 15.6 Å². The van der Waals surface area contributed by atoms with Crippen LogP contribution in [0.15, 0.2) is 27.7 Å². The summed E-state index contributed by atoms with van der Waals surface area (Å²) < 4.78 is 25.0. The maximum atomic E-state index is 12.5. The number of amides is 1. The highest BCUT2D eigenvalue weighted by atomic mass is 79.9. The fourth-order valence-corrected chi connectivity index (χ4v) is 8.02. The van der Waals surface area contributed by atoms with Gasteiger partial charge in [0.05, 0.1) is 28.3 Å². The van der Waals surface area contributed by atoms with E-state index in [0.29, 0.717) is 15.9 Å². The van der Waals surface area contributed by atoms with Crippen LogP contribution >= 0.6 is 39.3 Å². The van der Waals surface area contributed by atoms with Crippen molar-refractivity contribution in [2.75, 3.05) is 16.4 Å². The number of hydrogen-bond donors (Lipinski definition) is 0. The summed E-state index contributed by atoms with van der Waals surface area (Å²) in [5, 5.41) is 0.914. The number of carbonyl (C=O) groups excluding carboxylic acids is 1. The first-order valence-electron chi connectivity index (χ1n) is 8.49. The Morgan fingerprint density at radius 2 is 2.08 bits per heavy atom. The Labute approximate surface area is 171 Å². The van der Waals surface area contributed by atoms with Crippen molar-refractivity contribution in [3.8, 4) is 0 Å². The fourth-order valence-electron chi connectivity index (χ4n) is 3.35. The average molecular weight is 480 g/mol. The summed E-state index contributed by atoms with van der Waals surface area (Å²) in [5.74, 6) is -0.117. The van der Waals surface area contributed by atoms with Crippen LogP contribution in [0.2, 0.25) is 5.02 Å². The van der Waals surface area contributed by atoms with E-state index in [-0.39, 0.29) is 34.6 Å². The molecule has 26 heavy (non-hydrogen) atoms. The zero-order chi connectivity index (χ0) is 19.1. The van der Waals surface area contributed by atoms with Crippen LogP contribution in [-0.4, -0.2) is 42.3 Å². The minimum absolute atomic E-state index is 0.0508. The molecule has 2 fully saturated rings. The molecule has 0 bridgehead atoms. The van der Waals surface area contributed by atoms with E-state index in [0.717, 1.165) is 17.3 Å². The summed E-state index contributed by atoms with van der Waals surface area (Å²) in [6, 6.07) is 5.19. The van der Waals surface area contributed by atoms with Crippen molar-refractivity contribution in [1.29, 1.82) is 0 Å². The van der Waals surface area contributed by atoms with Gasteiger partial charge in [-0.05, 0) is 31.0 Å². The molecule has 0 N–H and O–H groups in total. The van der Waals surface area contributed by atoms with Crippen LogP contribution < -0.4 is 4.90 Å². The third kappa shape index (κ3) is 3.98. The zero-order valence-corrected chi connectivity index (χ0v) is 18.5. The Kier molecular flexibility index (Phi) is 6.06. The van der Waals surface area contributed by atoms with Crippen LogP contribution in [0.3, 0.4) is 0 Å². The lowest BCUT2D eigenvalue weighted by molar-refractivity contribution is -0.121. The minimum atomic E-state index is -3.10. The maximum absolute atomic E-state index is 12.5. The van der Waals surface area contributed by atoms with Gasteiger partial charge < -0.3 is 4.90 Å². The smallest absolute Gasteiger partial charge is 0.251 e. The SMILES string of the molecule is CCC(CC)C(=O)N=C1S[C@@H]2CS(=O)(=O)C[C@@H]2N1c1ccc(Br)cc1Cl. The van der Waals surface area contributed by atoms with Gasteiger partial charge in [-0.3, -0.25) is 4.79 Å². The molecule has 0 unspecified atom stereocenters. The second-order valence-corrected chi connectivity index (χ2v) is 11.2. The molecule has 2 aliphatic heterocycles. The van der Waals surface area contributed by atoms with Crippen LogP contribution in [-0.2, 0) is 14.6 Å². The Hall–Kier alpha value is -0.570. The van der Waals surface area contributed by atoms with Crippen molar-refractivity contribution >= 4 is 65.9 Å². The fraction of sp³-hybridized carbons (Fsp3) is 0.529. The van der Waals surface area contributed by atoms with Crippen LogP contribution in [0.25, 0.3) is 0 Å². The molecule has 9 heteroatoms. The minimum Gasteiger partial charge on any atom is -0.314 e. The van der Waals surface area contributed by atoms with Gasteiger partial charge in [0.25, 0.3) is 5.91 Å². The average Bonchev–Trinajstić information content (AvgIpc) is 3.00. The molecule has 5 nitrogen and oxygen atoms in total. The molecule has 2 saturated heterocycles. The lowest BCUT2D eigenvalue weighted by Gasteiger charge is -2.25. The number of benzene rings is 1. The molecule has 3 rings (SSSR count). The normalized spacial score (nSPS) is 25.9. The van der Waals surface area contributed by atoms with Crippen LogP contribution in [0, 0.1) is 5.92 Å². The standard InChI is InChI=1S/C17H20BrClN2O3S2/c1-3-10(4-2)16(22)20-17-21(13-6-5-11(18)7-12(13)19)14-8-26(23,24)9-15(14)25-17/h5-7,10,14-15H,3-4,8-9H2,1-2H3/t14-,15+/m0/s1. The van der Waals surface area contributed by atoms with Gasteiger partial charge in [0.15, 0.2) is 15.0 Å². The molecule has 0 aromatic heterocycles. The van der Waals surface area contributed by atoms with E-state index in [4.69, 9.17) is 11.6 Å². The zero-order valence-electron chi connectivity index (χ0n) is 14.5. The third-order valence-corrected chi connectivity index (χ3v) is 8.78. The molecule has 2 heterocycles. The second kappa shape index (κ2) is 7.81. The van der Waals surface area contributed by atoms with Crippen LogP contribution in [0.4, 0.5) is 5.69 Å². The number of amidine groups is 1. The van der Waals surface area contributed by atoms with E-state index in [2.05, 4.69) is 20.9 Å². The van der Waals surface area contributed by atoms with Crippen molar-refractivity contribution in [1.82, 2.24) is 0 Å². The number of sulfone groups is 1. The number of rotatable bonds is 4. The van der Waals surface area contributed by atoms with E-state index in [1.165, 1.54) is 11.8 Å². The van der Waals surface area contributed by atoms with Gasteiger partial charge in [-0.25, -0.2) is 8.42 Å². The molecule has 1 aromatic carbocycles. The van der Waals surface area contributed by atoms with Crippen molar-refractivity contribution < 1.29 is 13.2 Å². The molecule has 0 aliphatic carbocycles. The number of nitrogens with zero attached hydrogens (tertiary/aromatic N) is 2. The van der Waals surface area contributed by atoms with Gasteiger partial charge in [-0.2, -0.15) is 4.99 Å². The van der Waals surface area contributed by atoms with E-state index in [9.17, 15) is 13.2 Å². The predicted molar refractivity (Wildman–Crippen MR) is 112 cm³/mol. The monoisotopic (exact) mass is 478 g/mol. The van der Waals surface area contributed by atoms with E-state index in [1.54, 1.807) is 6.07 Å². The second-order valence-electron chi connectivity index (χ2n) is 6.51. The number of thioether (sulfide) groups is 1. The lowest BCUT2D eigenvalue weighted by atomic mass is 10.0. The van der Waals surface area contributed by atoms with Crippen molar-refractivity contribution in [2.45, 2.75) is 38.0 Å². The Morgan fingerprint density at radius 3 is 2.69 bits per heavy atom.